The number of anilines is 2. The number of aliphatic hydroxyl groups excluding tert-OH is 1. The van der Waals surface area contributed by atoms with Crippen LogP contribution < -0.4 is 20.3 Å². The minimum absolute atomic E-state index is 0.000139. The first-order chi connectivity index (χ1) is 21.2. The predicted molar refractivity (Wildman–Crippen MR) is 159 cm³/mol. The molecule has 3 N–H and O–H groups in total. The molecule has 0 bridgehead atoms. The van der Waals surface area contributed by atoms with Gasteiger partial charge in [-0.3, -0.25) is 25.0 Å². The number of ether oxygens (including phenoxy) is 2. The van der Waals surface area contributed by atoms with Crippen molar-refractivity contribution in [2.45, 2.75) is 0 Å². The Morgan fingerprint density at radius 2 is 1.57 bits per heavy atom. The van der Waals surface area contributed by atoms with Gasteiger partial charge in [-0.1, -0.05) is 17.7 Å². The Kier molecular flexibility index (Phi) is 10.3. The van der Waals surface area contributed by atoms with E-state index >= 15 is 0 Å². The van der Waals surface area contributed by atoms with E-state index in [1.165, 1.54) is 49.1 Å². The average molecular weight is 648 g/mol. The molecule has 44 heavy (non-hydrogen) atoms. The highest BCUT2D eigenvalue weighted by molar-refractivity contribution is 6.31. The number of aromatic nitrogens is 4. The van der Waals surface area contributed by atoms with Crippen LogP contribution in [0, 0.1) is 26.0 Å². The number of rotatable bonds is 10. The van der Waals surface area contributed by atoms with Crippen molar-refractivity contribution in [3.63, 3.8) is 0 Å². The van der Waals surface area contributed by atoms with E-state index in [4.69, 9.17) is 37.8 Å². The number of aliphatic hydroxyl groups is 1. The Balaban J connectivity index is 0.000000215. The number of benzene rings is 3. The van der Waals surface area contributed by atoms with Crippen molar-refractivity contribution < 1.29 is 28.8 Å². The summed E-state index contributed by atoms with van der Waals surface area (Å²) in [5.74, 6) is -0.619. The minimum atomic E-state index is -0.672. The maximum Gasteiger partial charge on any atom is 0.311 e. The second-order valence-electron chi connectivity index (χ2n) is 8.42. The molecular weight excluding hydrogens is 628 g/mol. The molecule has 15 nitrogen and oxygen atoms in total. The number of nitro groups is 2. The highest BCUT2D eigenvalue weighted by atomic mass is 35.5. The van der Waals surface area contributed by atoms with Gasteiger partial charge in [-0.25, -0.2) is 19.3 Å². The second kappa shape index (κ2) is 14.3. The highest BCUT2D eigenvalue weighted by Gasteiger charge is 2.23. The van der Waals surface area contributed by atoms with Gasteiger partial charge in [0.2, 0.25) is 11.5 Å². The molecule has 0 fully saturated rings. The SMILES string of the molecule is O=[N+]([O-])c1ccc2ncnc(Nc3cccc(Cl)c3F)c2c1OCCCl.O=c1[nH]cnc2ccc([N+](=O)[O-])c(OCCO)c12. The normalized spacial score (nSPS) is 10.6. The van der Waals surface area contributed by atoms with E-state index in [2.05, 4.69) is 25.3 Å². The van der Waals surface area contributed by atoms with Gasteiger partial charge in [0.25, 0.3) is 5.56 Å². The van der Waals surface area contributed by atoms with E-state index in [0.717, 1.165) is 0 Å². The van der Waals surface area contributed by atoms with Gasteiger partial charge in [0.05, 0.1) is 55.8 Å². The Labute approximate surface area is 255 Å². The summed E-state index contributed by atoms with van der Waals surface area (Å²) in [6.07, 6.45) is 2.45. The Hall–Kier alpha value is -5.19. The van der Waals surface area contributed by atoms with E-state index in [1.54, 1.807) is 6.07 Å². The Morgan fingerprint density at radius 1 is 0.932 bits per heavy atom. The molecule has 18 heteroatoms. The van der Waals surface area contributed by atoms with Crippen molar-refractivity contribution in [2.24, 2.45) is 0 Å². The number of alkyl halides is 1. The highest BCUT2D eigenvalue weighted by Crippen LogP contribution is 2.39. The molecule has 5 rings (SSSR count). The molecule has 3 aromatic carbocycles. The van der Waals surface area contributed by atoms with Crippen LogP contribution in [0.2, 0.25) is 5.02 Å². The van der Waals surface area contributed by atoms with Crippen molar-refractivity contribution >= 4 is 67.9 Å². The van der Waals surface area contributed by atoms with Gasteiger partial charge in [-0.05, 0) is 24.3 Å². The van der Waals surface area contributed by atoms with Crippen LogP contribution in [0.1, 0.15) is 0 Å². The summed E-state index contributed by atoms with van der Waals surface area (Å²) in [4.78, 5) is 47.0. The van der Waals surface area contributed by atoms with E-state index < -0.39 is 21.2 Å². The summed E-state index contributed by atoms with van der Waals surface area (Å²) >= 11 is 11.4. The number of hydrogen-bond donors (Lipinski definition) is 3. The third kappa shape index (κ3) is 6.88. The minimum Gasteiger partial charge on any atom is -0.485 e. The molecule has 0 atom stereocenters. The fourth-order valence-electron chi connectivity index (χ4n) is 3.92. The molecule has 0 unspecified atom stereocenters. The number of hydrogen-bond acceptors (Lipinski definition) is 12. The summed E-state index contributed by atoms with van der Waals surface area (Å²) in [6.45, 7) is -0.415. The summed E-state index contributed by atoms with van der Waals surface area (Å²) in [5.41, 5.74) is -0.400. The maximum absolute atomic E-state index is 14.2. The molecular formula is C26H20Cl2FN7O8. The van der Waals surface area contributed by atoms with E-state index in [9.17, 15) is 29.4 Å². The van der Waals surface area contributed by atoms with Crippen LogP contribution in [-0.4, -0.2) is 60.6 Å². The zero-order valence-electron chi connectivity index (χ0n) is 22.2. The van der Waals surface area contributed by atoms with Crippen LogP contribution >= 0.6 is 23.2 Å². The van der Waals surface area contributed by atoms with Gasteiger partial charge in [0, 0.05) is 12.1 Å². The Bertz CT molecular complexity index is 1910. The van der Waals surface area contributed by atoms with Crippen LogP contribution in [0.15, 0.2) is 59.9 Å². The summed E-state index contributed by atoms with van der Waals surface area (Å²) in [5, 5.41) is 33.9. The average Bonchev–Trinajstić information content (AvgIpc) is 3.01. The van der Waals surface area contributed by atoms with Crippen molar-refractivity contribution in [1.82, 2.24) is 19.9 Å². The molecule has 5 aromatic rings. The van der Waals surface area contributed by atoms with Crippen molar-refractivity contribution in [3.8, 4) is 11.5 Å². The number of nitro benzene ring substituents is 2. The first-order valence-electron chi connectivity index (χ1n) is 12.4. The third-order valence-electron chi connectivity index (χ3n) is 5.74. The van der Waals surface area contributed by atoms with Crippen LogP contribution in [0.25, 0.3) is 21.8 Å². The van der Waals surface area contributed by atoms with Crippen LogP contribution in [0.3, 0.4) is 0 Å². The van der Waals surface area contributed by atoms with E-state index in [0.29, 0.717) is 5.52 Å². The van der Waals surface area contributed by atoms with Gasteiger partial charge >= 0.3 is 11.4 Å². The number of halogens is 3. The lowest BCUT2D eigenvalue weighted by atomic mass is 10.1. The largest absolute Gasteiger partial charge is 0.485 e. The fraction of sp³-hybridized carbons (Fsp3) is 0.154. The quantitative estimate of drug-likeness (QED) is 0.105. The van der Waals surface area contributed by atoms with Crippen molar-refractivity contribution in [1.29, 1.82) is 0 Å². The van der Waals surface area contributed by atoms with E-state index in [1.807, 2.05) is 0 Å². The predicted octanol–water partition coefficient (Wildman–Crippen LogP) is 4.89. The number of H-pyrrole nitrogens is 1. The molecule has 0 aliphatic carbocycles. The number of fused-ring (bicyclic) bond motifs is 2. The molecule has 2 heterocycles. The van der Waals surface area contributed by atoms with Gasteiger partial charge < -0.3 is 24.9 Å². The van der Waals surface area contributed by atoms with Crippen molar-refractivity contribution in [3.05, 3.63) is 96.5 Å². The van der Waals surface area contributed by atoms with Gasteiger partial charge in [-0.15, -0.1) is 11.6 Å². The molecule has 0 spiro atoms. The molecule has 228 valence electrons. The second-order valence-corrected chi connectivity index (χ2v) is 9.21. The lowest BCUT2D eigenvalue weighted by molar-refractivity contribution is -0.385. The van der Waals surface area contributed by atoms with Crippen LogP contribution in [0.4, 0.5) is 27.3 Å². The monoisotopic (exact) mass is 647 g/mol. The zero-order valence-corrected chi connectivity index (χ0v) is 23.7. The first-order valence-corrected chi connectivity index (χ1v) is 13.3. The van der Waals surface area contributed by atoms with Gasteiger partial charge in [-0.2, -0.15) is 0 Å². The first kappa shape index (κ1) is 31.7. The van der Waals surface area contributed by atoms with Crippen LogP contribution in [0.5, 0.6) is 11.5 Å². The maximum atomic E-state index is 14.2. The van der Waals surface area contributed by atoms with Crippen molar-refractivity contribution in [2.75, 3.05) is 31.0 Å². The Morgan fingerprint density at radius 3 is 2.20 bits per heavy atom. The van der Waals surface area contributed by atoms with E-state index in [-0.39, 0.29) is 81.4 Å². The number of aromatic amines is 1. The van der Waals surface area contributed by atoms with Crippen LogP contribution in [-0.2, 0) is 0 Å². The third-order valence-corrected chi connectivity index (χ3v) is 6.18. The molecule has 0 radical (unpaired) electrons. The standard InChI is InChI=1S/C16H11Cl2FN4O3.C10H9N3O5/c17-6-7-26-15-12(23(24)25)5-4-10-13(15)16(21-8-20-10)22-11-3-1-2-9(18)14(11)19;14-3-4-18-9-7(13(16)17)2-1-6-8(9)10(15)12-5-11-6/h1-5,8H,6-7H2,(H,20,21,22);1-2,5,14H,3-4H2,(H,11,12,15). The molecule has 0 saturated carbocycles. The topological polar surface area (TPSA) is 209 Å². The fourth-order valence-corrected chi connectivity index (χ4v) is 4.17. The molecule has 2 aromatic heterocycles. The number of nitrogens with one attached hydrogen (secondary N) is 2. The molecule has 0 saturated heterocycles. The molecule has 0 aliphatic rings. The summed E-state index contributed by atoms with van der Waals surface area (Å²) in [6, 6.07) is 9.75. The molecule has 0 amide bonds. The lowest BCUT2D eigenvalue weighted by Crippen LogP contribution is -2.11. The summed E-state index contributed by atoms with van der Waals surface area (Å²) < 4.78 is 24.8. The summed E-state index contributed by atoms with van der Waals surface area (Å²) in [7, 11) is 0. The molecule has 0 aliphatic heterocycles. The van der Waals surface area contributed by atoms with Gasteiger partial charge in [0.1, 0.15) is 30.7 Å². The smallest absolute Gasteiger partial charge is 0.311 e. The zero-order chi connectivity index (χ0) is 31.8. The lowest BCUT2D eigenvalue weighted by Gasteiger charge is -2.13. The number of nitrogens with zero attached hydrogens (tertiary/aromatic N) is 5. The van der Waals surface area contributed by atoms with Gasteiger partial charge in [0.15, 0.2) is 5.82 Å².